The predicted molar refractivity (Wildman–Crippen MR) is 72.5 cm³/mol. The molecule has 0 spiro atoms. The molecule has 2 fully saturated rings. The standard InChI is InChI=1S/C15H22N2/c1-11-4-3-5-13(8-11)17-14-6-7-15(17)10-12(9-14)16-2/h3-5,8,12,14-16H,6-7,9-10H2,1-2H3. The number of anilines is 1. The zero-order valence-electron chi connectivity index (χ0n) is 10.8. The van der Waals surface area contributed by atoms with Crippen LogP contribution in [0.15, 0.2) is 24.3 Å². The maximum atomic E-state index is 3.46. The Balaban J connectivity index is 1.86. The summed E-state index contributed by atoms with van der Waals surface area (Å²) >= 11 is 0. The molecule has 92 valence electrons. The molecule has 2 unspecified atom stereocenters. The average molecular weight is 230 g/mol. The zero-order valence-corrected chi connectivity index (χ0v) is 10.8. The lowest BCUT2D eigenvalue weighted by atomic mass is 9.96. The smallest absolute Gasteiger partial charge is 0.0373 e. The fourth-order valence-electron chi connectivity index (χ4n) is 3.62. The Labute approximate surface area is 104 Å². The Morgan fingerprint density at radius 2 is 1.88 bits per heavy atom. The van der Waals surface area contributed by atoms with Gasteiger partial charge in [0.15, 0.2) is 0 Å². The van der Waals surface area contributed by atoms with Gasteiger partial charge in [-0.2, -0.15) is 0 Å². The van der Waals surface area contributed by atoms with Gasteiger partial charge < -0.3 is 10.2 Å². The van der Waals surface area contributed by atoms with E-state index < -0.39 is 0 Å². The number of piperidine rings is 1. The molecule has 17 heavy (non-hydrogen) atoms. The van der Waals surface area contributed by atoms with Crippen LogP contribution in [0.2, 0.25) is 0 Å². The molecular formula is C15H22N2. The highest BCUT2D eigenvalue weighted by molar-refractivity contribution is 5.52. The maximum Gasteiger partial charge on any atom is 0.0373 e. The maximum absolute atomic E-state index is 3.46. The Kier molecular flexibility index (Phi) is 2.83. The van der Waals surface area contributed by atoms with Crippen molar-refractivity contribution in [3.8, 4) is 0 Å². The molecule has 2 atom stereocenters. The van der Waals surface area contributed by atoms with Crippen molar-refractivity contribution in [3.63, 3.8) is 0 Å². The second kappa shape index (κ2) is 4.34. The van der Waals surface area contributed by atoms with Gasteiger partial charge in [0.25, 0.3) is 0 Å². The summed E-state index contributed by atoms with van der Waals surface area (Å²) in [6.45, 7) is 2.19. The molecule has 0 saturated carbocycles. The molecule has 2 bridgehead atoms. The second-order valence-corrected chi connectivity index (χ2v) is 5.59. The van der Waals surface area contributed by atoms with E-state index in [1.165, 1.54) is 36.9 Å². The van der Waals surface area contributed by atoms with Crippen LogP contribution in [-0.4, -0.2) is 25.2 Å². The van der Waals surface area contributed by atoms with E-state index in [9.17, 15) is 0 Å². The van der Waals surface area contributed by atoms with Gasteiger partial charge in [0, 0.05) is 23.8 Å². The average Bonchev–Trinajstić information content (AvgIpc) is 2.60. The van der Waals surface area contributed by atoms with E-state index in [1.54, 1.807) is 0 Å². The summed E-state index contributed by atoms with van der Waals surface area (Å²) in [6.07, 6.45) is 5.36. The van der Waals surface area contributed by atoms with Crippen molar-refractivity contribution in [3.05, 3.63) is 29.8 Å². The number of hydrogen-bond acceptors (Lipinski definition) is 2. The van der Waals surface area contributed by atoms with Gasteiger partial charge in [-0.25, -0.2) is 0 Å². The van der Waals surface area contributed by atoms with Crippen molar-refractivity contribution in [2.75, 3.05) is 11.9 Å². The van der Waals surface area contributed by atoms with Crippen molar-refractivity contribution in [2.45, 2.75) is 50.7 Å². The first kappa shape index (κ1) is 11.1. The van der Waals surface area contributed by atoms with Crippen LogP contribution < -0.4 is 10.2 Å². The molecule has 1 N–H and O–H groups in total. The molecule has 0 radical (unpaired) electrons. The van der Waals surface area contributed by atoms with Crippen molar-refractivity contribution < 1.29 is 0 Å². The van der Waals surface area contributed by atoms with Gasteiger partial charge in [-0.05, 0) is 57.4 Å². The summed E-state index contributed by atoms with van der Waals surface area (Å²) in [4.78, 5) is 2.68. The number of nitrogens with zero attached hydrogens (tertiary/aromatic N) is 1. The molecule has 3 rings (SSSR count). The quantitative estimate of drug-likeness (QED) is 0.840. The zero-order chi connectivity index (χ0) is 11.8. The van der Waals surface area contributed by atoms with E-state index >= 15 is 0 Å². The van der Waals surface area contributed by atoms with Crippen LogP contribution in [0.4, 0.5) is 5.69 Å². The van der Waals surface area contributed by atoms with E-state index in [0.717, 1.165) is 18.1 Å². The van der Waals surface area contributed by atoms with Crippen LogP contribution in [0, 0.1) is 6.92 Å². The minimum Gasteiger partial charge on any atom is -0.365 e. The van der Waals surface area contributed by atoms with Crippen LogP contribution >= 0.6 is 0 Å². The summed E-state index contributed by atoms with van der Waals surface area (Å²) in [5.74, 6) is 0. The first-order valence-corrected chi connectivity index (χ1v) is 6.80. The fourth-order valence-corrected chi connectivity index (χ4v) is 3.62. The van der Waals surface area contributed by atoms with Gasteiger partial charge in [-0.1, -0.05) is 12.1 Å². The van der Waals surface area contributed by atoms with Crippen LogP contribution in [-0.2, 0) is 0 Å². The molecule has 0 aromatic heterocycles. The third kappa shape index (κ3) is 1.95. The monoisotopic (exact) mass is 230 g/mol. The highest BCUT2D eigenvalue weighted by atomic mass is 15.2. The Hall–Kier alpha value is -1.02. The van der Waals surface area contributed by atoms with Gasteiger partial charge in [-0.3, -0.25) is 0 Å². The SMILES string of the molecule is CNC1CC2CCC(C1)N2c1cccc(C)c1. The summed E-state index contributed by atoms with van der Waals surface area (Å²) in [5.41, 5.74) is 2.81. The normalized spacial score (nSPS) is 31.9. The summed E-state index contributed by atoms with van der Waals surface area (Å²) < 4.78 is 0. The van der Waals surface area contributed by atoms with Crippen LogP contribution in [0.5, 0.6) is 0 Å². The van der Waals surface area contributed by atoms with Gasteiger partial charge in [0.1, 0.15) is 0 Å². The molecule has 2 aliphatic heterocycles. The Morgan fingerprint density at radius 1 is 1.18 bits per heavy atom. The number of hydrogen-bond donors (Lipinski definition) is 1. The lowest BCUT2D eigenvalue weighted by molar-refractivity contribution is 0.374. The number of aryl methyl sites for hydroxylation is 1. The first-order valence-electron chi connectivity index (χ1n) is 6.80. The number of benzene rings is 1. The van der Waals surface area contributed by atoms with E-state index in [2.05, 4.69) is 48.5 Å². The molecule has 2 nitrogen and oxygen atoms in total. The molecule has 0 aliphatic carbocycles. The molecule has 0 amide bonds. The second-order valence-electron chi connectivity index (χ2n) is 5.59. The summed E-state index contributed by atoms with van der Waals surface area (Å²) in [5, 5.41) is 3.46. The van der Waals surface area contributed by atoms with Gasteiger partial charge in [0.05, 0.1) is 0 Å². The number of nitrogens with one attached hydrogen (secondary N) is 1. The van der Waals surface area contributed by atoms with Gasteiger partial charge in [-0.15, -0.1) is 0 Å². The molecular weight excluding hydrogens is 208 g/mol. The fraction of sp³-hybridized carbons (Fsp3) is 0.600. The third-order valence-electron chi connectivity index (χ3n) is 4.44. The Bertz CT molecular complexity index is 388. The molecule has 1 aromatic carbocycles. The highest BCUT2D eigenvalue weighted by Gasteiger charge is 2.40. The lowest BCUT2D eigenvalue weighted by Crippen LogP contribution is -2.48. The molecule has 2 heteroatoms. The lowest BCUT2D eigenvalue weighted by Gasteiger charge is -2.40. The topological polar surface area (TPSA) is 15.3 Å². The van der Waals surface area contributed by atoms with E-state index in [1.807, 2.05) is 0 Å². The minimum absolute atomic E-state index is 0.730. The molecule has 1 aromatic rings. The van der Waals surface area contributed by atoms with Crippen molar-refractivity contribution in [2.24, 2.45) is 0 Å². The third-order valence-corrected chi connectivity index (χ3v) is 4.44. The van der Waals surface area contributed by atoms with E-state index in [0.29, 0.717) is 0 Å². The van der Waals surface area contributed by atoms with Crippen molar-refractivity contribution >= 4 is 5.69 Å². The van der Waals surface area contributed by atoms with E-state index in [4.69, 9.17) is 0 Å². The highest BCUT2D eigenvalue weighted by Crippen LogP contribution is 2.39. The van der Waals surface area contributed by atoms with Crippen LogP contribution in [0.1, 0.15) is 31.2 Å². The van der Waals surface area contributed by atoms with Crippen LogP contribution in [0.3, 0.4) is 0 Å². The van der Waals surface area contributed by atoms with Gasteiger partial charge in [0.2, 0.25) is 0 Å². The largest absolute Gasteiger partial charge is 0.365 e. The minimum atomic E-state index is 0.730. The van der Waals surface area contributed by atoms with Crippen molar-refractivity contribution in [1.82, 2.24) is 5.32 Å². The molecule has 2 heterocycles. The summed E-state index contributed by atoms with van der Waals surface area (Å²) in [6, 6.07) is 11.2. The predicted octanol–water partition coefficient (Wildman–Crippen LogP) is 2.71. The number of fused-ring (bicyclic) bond motifs is 2. The number of rotatable bonds is 2. The van der Waals surface area contributed by atoms with Gasteiger partial charge >= 0.3 is 0 Å². The summed E-state index contributed by atoms with van der Waals surface area (Å²) in [7, 11) is 2.10. The Morgan fingerprint density at radius 3 is 2.47 bits per heavy atom. The van der Waals surface area contributed by atoms with E-state index in [-0.39, 0.29) is 0 Å². The molecule has 2 aliphatic rings. The first-order chi connectivity index (χ1) is 8.28. The van der Waals surface area contributed by atoms with Crippen molar-refractivity contribution in [1.29, 1.82) is 0 Å². The molecule has 2 saturated heterocycles. The van der Waals surface area contributed by atoms with Crippen LogP contribution in [0.25, 0.3) is 0 Å².